The lowest BCUT2D eigenvalue weighted by Gasteiger charge is -2.38. The van der Waals surface area contributed by atoms with E-state index in [-0.39, 0.29) is 64.3 Å². The molecule has 2 fully saturated rings. The van der Waals surface area contributed by atoms with Crippen molar-refractivity contribution >= 4 is 34.8 Å². The fourth-order valence-corrected chi connectivity index (χ4v) is 5.23. The van der Waals surface area contributed by atoms with Crippen molar-refractivity contribution in [3.05, 3.63) is 52.5 Å². The number of alkyl halides is 2. The van der Waals surface area contributed by atoms with Crippen LogP contribution in [-0.4, -0.2) is 71.2 Å². The first-order chi connectivity index (χ1) is 18.2. The maximum absolute atomic E-state index is 13.6. The van der Waals surface area contributed by atoms with Crippen LogP contribution >= 0.6 is 11.3 Å². The number of nitrogens with one attached hydrogen (secondary N) is 2. The topological polar surface area (TPSA) is 118 Å². The summed E-state index contributed by atoms with van der Waals surface area (Å²) in [5.41, 5.74) is 0.731. The third-order valence-corrected chi connectivity index (χ3v) is 7.58. The summed E-state index contributed by atoms with van der Waals surface area (Å²) in [6.07, 6.45) is 1.01. The summed E-state index contributed by atoms with van der Waals surface area (Å²) in [4.78, 5) is 57.8. The molecule has 4 rings (SSSR count). The summed E-state index contributed by atoms with van der Waals surface area (Å²) in [5.74, 6) is -6.07. The number of Topliss-reactive ketones (excluding diaryl/α,β-unsaturated/α-hetero) is 1. The van der Waals surface area contributed by atoms with Crippen LogP contribution in [0.1, 0.15) is 36.3 Å². The predicted molar refractivity (Wildman–Crippen MR) is 134 cm³/mol. The van der Waals surface area contributed by atoms with Crippen LogP contribution in [0.3, 0.4) is 0 Å². The minimum absolute atomic E-state index is 0.0475. The summed E-state index contributed by atoms with van der Waals surface area (Å²) in [7, 11) is 0. The molecule has 0 radical (unpaired) electrons. The van der Waals surface area contributed by atoms with E-state index in [4.69, 9.17) is 4.74 Å². The number of hydrogen-bond donors (Lipinski definition) is 2. The average Bonchev–Trinajstić information content (AvgIpc) is 3.45. The van der Waals surface area contributed by atoms with Crippen molar-refractivity contribution in [3.63, 3.8) is 0 Å². The highest BCUT2D eigenvalue weighted by molar-refractivity contribution is 7.09. The van der Waals surface area contributed by atoms with Crippen LogP contribution in [0.5, 0.6) is 0 Å². The van der Waals surface area contributed by atoms with E-state index >= 15 is 0 Å². The SMILES string of the molecule is O=C(NCc1nccs1)C(=O)[C@@H](Cc1ccccc1)NC(=O)[C@H]1COCCN1C(=O)C1CCC(F)(F)CC1. The number of thiazole rings is 1. The van der Waals surface area contributed by atoms with E-state index in [2.05, 4.69) is 15.6 Å². The van der Waals surface area contributed by atoms with Gasteiger partial charge in [-0.2, -0.15) is 0 Å². The highest BCUT2D eigenvalue weighted by Gasteiger charge is 2.42. The minimum Gasteiger partial charge on any atom is -0.377 e. The Morgan fingerprint density at radius 1 is 1.16 bits per heavy atom. The number of ketones is 1. The Morgan fingerprint density at radius 2 is 1.89 bits per heavy atom. The average molecular weight is 549 g/mol. The van der Waals surface area contributed by atoms with Gasteiger partial charge in [0.2, 0.25) is 23.5 Å². The fraction of sp³-hybridized carbons (Fsp3) is 0.500. The normalized spacial score (nSPS) is 20.4. The molecule has 2 atom stereocenters. The summed E-state index contributed by atoms with van der Waals surface area (Å²) in [6.45, 7) is 0.329. The smallest absolute Gasteiger partial charge is 0.289 e. The molecular formula is C26H30F2N4O5S. The second-order valence-corrected chi connectivity index (χ2v) is 10.5. The number of benzene rings is 1. The molecule has 2 heterocycles. The molecule has 204 valence electrons. The van der Waals surface area contributed by atoms with Gasteiger partial charge in [-0.25, -0.2) is 13.8 Å². The van der Waals surface area contributed by atoms with E-state index in [1.807, 2.05) is 6.07 Å². The second-order valence-electron chi connectivity index (χ2n) is 9.48. The Morgan fingerprint density at radius 3 is 2.58 bits per heavy atom. The lowest BCUT2D eigenvalue weighted by atomic mass is 9.85. The van der Waals surface area contributed by atoms with Crippen LogP contribution in [0.25, 0.3) is 0 Å². The quantitative estimate of drug-likeness (QED) is 0.464. The molecule has 1 saturated heterocycles. The molecule has 0 bridgehead atoms. The number of amides is 3. The van der Waals surface area contributed by atoms with Gasteiger partial charge < -0.3 is 20.3 Å². The van der Waals surface area contributed by atoms with E-state index in [9.17, 15) is 28.0 Å². The van der Waals surface area contributed by atoms with Crippen LogP contribution in [0.4, 0.5) is 8.78 Å². The second kappa shape index (κ2) is 12.5. The van der Waals surface area contributed by atoms with E-state index in [0.717, 1.165) is 5.56 Å². The van der Waals surface area contributed by atoms with Gasteiger partial charge >= 0.3 is 0 Å². The zero-order valence-corrected chi connectivity index (χ0v) is 21.6. The maximum atomic E-state index is 13.6. The lowest BCUT2D eigenvalue weighted by molar-refractivity contribution is -0.155. The Kier molecular flexibility index (Phi) is 9.16. The van der Waals surface area contributed by atoms with Gasteiger partial charge in [0.1, 0.15) is 17.1 Å². The number of carbonyl (C=O) groups excluding carboxylic acids is 4. The Balaban J connectivity index is 1.45. The number of rotatable bonds is 9. The van der Waals surface area contributed by atoms with Crippen molar-refractivity contribution in [2.45, 2.75) is 56.7 Å². The Bertz CT molecular complexity index is 1120. The van der Waals surface area contributed by atoms with Gasteiger partial charge in [0.15, 0.2) is 0 Å². The van der Waals surface area contributed by atoms with Gasteiger partial charge in [-0.3, -0.25) is 19.2 Å². The molecule has 1 saturated carbocycles. The summed E-state index contributed by atoms with van der Waals surface area (Å²) >= 11 is 1.33. The molecule has 1 aromatic carbocycles. The van der Waals surface area contributed by atoms with Gasteiger partial charge in [-0.1, -0.05) is 30.3 Å². The summed E-state index contributed by atoms with van der Waals surface area (Å²) < 4.78 is 32.7. The van der Waals surface area contributed by atoms with E-state index in [1.54, 1.807) is 35.8 Å². The highest BCUT2D eigenvalue weighted by Crippen LogP contribution is 2.37. The monoisotopic (exact) mass is 548 g/mol. The van der Waals surface area contributed by atoms with E-state index in [1.165, 1.54) is 16.2 Å². The molecule has 2 N–H and O–H groups in total. The van der Waals surface area contributed by atoms with Crippen molar-refractivity contribution in [1.82, 2.24) is 20.5 Å². The number of nitrogens with zero attached hydrogens (tertiary/aromatic N) is 2. The third-order valence-electron chi connectivity index (χ3n) is 6.80. The molecular weight excluding hydrogens is 518 g/mol. The third kappa shape index (κ3) is 7.19. The van der Waals surface area contributed by atoms with Crippen LogP contribution in [0, 0.1) is 5.92 Å². The fourth-order valence-electron chi connectivity index (χ4n) is 4.67. The number of halogens is 2. The lowest BCUT2D eigenvalue weighted by Crippen LogP contribution is -2.60. The van der Waals surface area contributed by atoms with Crippen molar-refractivity contribution in [2.24, 2.45) is 5.92 Å². The number of aromatic nitrogens is 1. The van der Waals surface area contributed by atoms with Gasteiger partial charge in [0.05, 0.1) is 19.8 Å². The number of ether oxygens (including phenoxy) is 1. The first-order valence-corrected chi connectivity index (χ1v) is 13.4. The van der Waals surface area contributed by atoms with Crippen LogP contribution < -0.4 is 10.6 Å². The van der Waals surface area contributed by atoms with Crippen LogP contribution in [-0.2, 0) is 36.9 Å². The van der Waals surface area contributed by atoms with Crippen molar-refractivity contribution in [1.29, 1.82) is 0 Å². The number of hydrogen-bond acceptors (Lipinski definition) is 7. The first kappa shape index (κ1) is 27.8. The van der Waals surface area contributed by atoms with Gasteiger partial charge in [-0.05, 0) is 18.4 Å². The van der Waals surface area contributed by atoms with Crippen LogP contribution in [0.15, 0.2) is 41.9 Å². The highest BCUT2D eigenvalue weighted by atomic mass is 32.1. The molecule has 1 aromatic heterocycles. The van der Waals surface area contributed by atoms with Crippen molar-refractivity contribution in [3.8, 4) is 0 Å². The van der Waals surface area contributed by atoms with Gasteiger partial charge in [-0.15, -0.1) is 11.3 Å². The predicted octanol–water partition coefficient (Wildman–Crippen LogP) is 2.11. The number of morpholine rings is 1. The summed E-state index contributed by atoms with van der Waals surface area (Å²) in [6, 6.07) is 6.70. The molecule has 1 aliphatic heterocycles. The molecule has 0 unspecified atom stereocenters. The minimum atomic E-state index is -2.77. The molecule has 12 heteroatoms. The number of carbonyl (C=O) groups is 4. The van der Waals surface area contributed by atoms with Crippen molar-refractivity contribution < 1.29 is 32.7 Å². The standard InChI is InChI=1S/C26H30F2N4O5S/c27-26(28)8-6-18(7-9-26)25(36)32-11-12-37-16-20(32)23(34)31-19(14-17-4-2-1-3-5-17)22(33)24(35)30-15-21-29-10-13-38-21/h1-5,10,13,18-20H,6-9,11-12,14-16H2,(H,30,35)(H,31,34)/t19-,20-/m1/s1. The molecule has 9 nitrogen and oxygen atoms in total. The first-order valence-electron chi connectivity index (χ1n) is 12.5. The van der Waals surface area contributed by atoms with Crippen molar-refractivity contribution in [2.75, 3.05) is 19.8 Å². The van der Waals surface area contributed by atoms with Crippen LogP contribution in [0.2, 0.25) is 0 Å². The maximum Gasteiger partial charge on any atom is 0.289 e. The zero-order chi connectivity index (χ0) is 27.1. The van der Waals surface area contributed by atoms with Gasteiger partial charge in [0.25, 0.3) is 5.91 Å². The summed E-state index contributed by atoms with van der Waals surface area (Å²) in [5, 5.41) is 7.57. The molecule has 0 spiro atoms. The molecule has 2 aliphatic rings. The van der Waals surface area contributed by atoms with E-state index < -0.39 is 41.5 Å². The Labute approximate surface area is 222 Å². The largest absolute Gasteiger partial charge is 0.377 e. The molecule has 2 aromatic rings. The molecule has 3 amide bonds. The van der Waals surface area contributed by atoms with Gasteiger partial charge in [0, 0.05) is 43.3 Å². The molecule has 1 aliphatic carbocycles. The Hall–Kier alpha value is -3.25. The molecule has 38 heavy (non-hydrogen) atoms. The zero-order valence-electron chi connectivity index (χ0n) is 20.7. The van der Waals surface area contributed by atoms with E-state index in [0.29, 0.717) is 5.01 Å².